The first-order chi connectivity index (χ1) is 9.64. The number of likely N-dealkylation sites (tertiary alicyclic amines) is 1. The van der Waals surface area contributed by atoms with E-state index in [1.165, 1.54) is 12.1 Å². The molecule has 21 heavy (non-hydrogen) atoms. The van der Waals surface area contributed by atoms with Crippen LogP contribution in [0.15, 0.2) is 24.3 Å². The number of benzene rings is 1. The van der Waals surface area contributed by atoms with Gasteiger partial charge in [0.15, 0.2) is 5.60 Å². The molecule has 0 saturated carbocycles. The van der Waals surface area contributed by atoms with E-state index in [0.29, 0.717) is 0 Å². The Balaban J connectivity index is 2.13. The maximum Gasteiger partial charge on any atom is 0.419 e. The molecule has 0 aromatic heterocycles. The lowest BCUT2D eigenvalue weighted by Gasteiger charge is -2.25. The second-order valence-corrected chi connectivity index (χ2v) is 4.81. The molecule has 0 spiro atoms. The minimum atomic E-state index is -4.81. The number of alkyl halides is 3. The van der Waals surface area contributed by atoms with Crippen LogP contribution in [-0.4, -0.2) is 45.7 Å². The molecule has 1 unspecified atom stereocenters. The minimum Gasteiger partial charge on any atom is -0.379 e. The van der Waals surface area contributed by atoms with Crippen LogP contribution in [0, 0.1) is 10.1 Å². The molecule has 0 bridgehead atoms. The van der Waals surface area contributed by atoms with Crippen LogP contribution in [0.1, 0.15) is 16.8 Å². The average molecular weight is 304 g/mol. The van der Waals surface area contributed by atoms with E-state index in [2.05, 4.69) is 0 Å². The highest BCUT2D eigenvalue weighted by molar-refractivity contribution is 5.94. The van der Waals surface area contributed by atoms with Gasteiger partial charge in [-0.3, -0.25) is 14.9 Å². The standard InChI is InChI=1S/C12H11F3N2O4/c13-12(14,15)11(19)5-6-16(7-11)10(18)8-1-3-9(4-2-8)17(20)21/h1-4,19H,5-7H2. The van der Waals surface area contributed by atoms with E-state index in [-0.39, 0.29) is 17.8 Å². The summed E-state index contributed by atoms with van der Waals surface area (Å²) in [5.41, 5.74) is -3.09. The van der Waals surface area contributed by atoms with Gasteiger partial charge in [-0.05, 0) is 12.1 Å². The summed E-state index contributed by atoms with van der Waals surface area (Å²) in [5.74, 6) is -0.704. The van der Waals surface area contributed by atoms with Crippen molar-refractivity contribution in [2.75, 3.05) is 13.1 Å². The summed E-state index contributed by atoms with van der Waals surface area (Å²) in [6, 6.07) is 4.54. The lowest BCUT2D eigenvalue weighted by Crippen LogP contribution is -2.48. The lowest BCUT2D eigenvalue weighted by atomic mass is 10.0. The Morgan fingerprint density at radius 3 is 2.33 bits per heavy atom. The third kappa shape index (κ3) is 2.82. The monoisotopic (exact) mass is 304 g/mol. The van der Waals surface area contributed by atoms with Gasteiger partial charge in [-0.25, -0.2) is 0 Å². The summed E-state index contributed by atoms with van der Waals surface area (Å²) >= 11 is 0. The molecule has 1 saturated heterocycles. The van der Waals surface area contributed by atoms with Crippen LogP contribution < -0.4 is 0 Å². The number of carbonyl (C=O) groups is 1. The largest absolute Gasteiger partial charge is 0.419 e. The Bertz CT molecular complexity index is 573. The Hall–Kier alpha value is -2.16. The third-order valence-corrected chi connectivity index (χ3v) is 3.39. The molecule has 1 heterocycles. The highest BCUT2D eigenvalue weighted by Crippen LogP contribution is 2.38. The smallest absolute Gasteiger partial charge is 0.379 e. The fourth-order valence-corrected chi connectivity index (χ4v) is 2.11. The van der Waals surface area contributed by atoms with Gasteiger partial charge in [0.2, 0.25) is 0 Å². The molecule has 114 valence electrons. The highest BCUT2D eigenvalue weighted by atomic mass is 19.4. The van der Waals surface area contributed by atoms with E-state index in [1.807, 2.05) is 0 Å². The number of nitrogens with zero attached hydrogens (tertiary/aromatic N) is 2. The Morgan fingerprint density at radius 2 is 1.90 bits per heavy atom. The number of carbonyl (C=O) groups excluding carboxylic acids is 1. The normalized spacial score (nSPS) is 22.4. The fraction of sp³-hybridized carbons (Fsp3) is 0.417. The van der Waals surface area contributed by atoms with Crippen molar-refractivity contribution in [1.82, 2.24) is 4.90 Å². The lowest BCUT2D eigenvalue weighted by molar-refractivity contribution is -0.384. The number of hydrogen-bond acceptors (Lipinski definition) is 4. The first kappa shape index (κ1) is 15.2. The molecular weight excluding hydrogens is 293 g/mol. The van der Waals surface area contributed by atoms with Gasteiger partial charge in [0.25, 0.3) is 11.6 Å². The number of β-amino-alcohol motifs (C(OH)–C–C–N with tert-alkyl or cyclic N) is 1. The minimum absolute atomic E-state index is 0.0343. The number of amides is 1. The average Bonchev–Trinajstić information content (AvgIpc) is 2.81. The molecule has 1 aromatic rings. The maximum absolute atomic E-state index is 12.7. The van der Waals surface area contributed by atoms with E-state index in [9.17, 15) is 33.2 Å². The molecule has 1 aromatic carbocycles. The van der Waals surface area contributed by atoms with Gasteiger partial charge in [0.05, 0.1) is 11.5 Å². The van der Waals surface area contributed by atoms with Gasteiger partial charge < -0.3 is 10.0 Å². The Morgan fingerprint density at radius 1 is 1.33 bits per heavy atom. The van der Waals surface area contributed by atoms with E-state index in [4.69, 9.17) is 0 Å². The van der Waals surface area contributed by atoms with Crippen molar-refractivity contribution in [2.45, 2.75) is 18.2 Å². The van der Waals surface area contributed by atoms with Crippen LogP contribution in [0.25, 0.3) is 0 Å². The molecule has 1 amide bonds. The zero-order valence-corrected chi connectivity index (χ0v) is 10.6. The van der Waals surface area contributed by atoms with Crippen LogP contribution in [0.3, 0.4) is 0 Å². The van der Waals surface area contributed by atoms with Crippen LogP contribution in [0.5, 0.6) is 0 Å². The molecule has 9 heteroatoms. The number of nitro benzene ring substituents is 1. The fourth-order valence-electron chi connectivity index (χ4n) is 2.11. The molecule has 0 radical (unpaired) electrons. The van der Waals surface area contributed by atoms with Gasteiger partial charge in [-0.2, -0.15) is 13.2 Å². The van der Waals surface area contributed by atoms with Crippen molar-refractivity contribution in [2.24, 2.45) is 0 Å². The second kappa shape index (κ2) is 4.99. The van der Waals surface area contributed by atoms with Gasteiger partial charge in [-0.15, -0.1) is 0 Å². The zero-order chi connectivity index (χ0) is 15.8. The van der Waals surface area contributed by atoms with Crippen LogP contribution in [0.2, 0.25) is 0 Å². The molecule has 1 aliphatic heterocycles. The number of halogens is 3. The second-order valence-electron chi connectivity index (χ2n) is 4.81. The van der Waals surface area contributed by atoms with Crippen LogP contribution in [0.4, 0.5) is 18.9 Å². The summed E-state index contributed by atoms with van der Waals surface area (Å²) in [7, 11) is 0. The summed E-state index contributed by atoms with van der Waals surface area (Å²) in [6.07, 6.45) is -5.40. The molecule has 1 atom stereocenters. The summed E-state index contributed by atoms with van der Waals surface area (Å²) in [6.45, 7) is -1.07. The SMILES string of the molecule is O=C(c1ccc([N+](=O)[O-])cc1)N1CCC(O)(C(F)(F)F)C1. The number of nitro groups is 1. The Kier molecular flexibility index (Phi) is 3.62. The zero-order valence-electron chi connectivity index (χ0n) is 10.6. The molecular formula is C12H11F3N2O4. The van der Waals surface area contributed by atoms with E-state index < -0.39 is 35.6 Å². The molecule has 1 N–H and O–H groups in total. The van der Waals surface area contributed by atoms with Crippen molar-refractivity contribution in [3.63, 3.8) is 0 Å². The van der Waals surface area contributed by atoms with Crippen LogP contribution >= 0.6 is 0 Å². The number of non-ortho nitro benzene ring substituents is 1. The molecule has 1 aliphatic rings. The van der Waals surface area contributed by atoms with Crippen molar-refractivity contribution >= 4 is 11.6 Å². The van der Waals surface area contributed by atoms with E-state index in [1.54, 1.807) is 0 Å². The number of aliphatic hydroxyl groups is 1. The number of hydrogen-bond donors (Lipinski definition) is 1. The summed E-state index contributed by atoms with van der Waals surface area (Å²) < 4.78 is 38.0. The third-order valence-electron chi connectivity index (χ3n) is 3.39. The predicted octanol–water partition coefficient (Wildman–Crippen LogP) is 1.73. The van der Waals surface area contributed by atoms with E-state index in [0.717, 1.165) is 17.0 Å². The molecule has 0 aliphatic carbocycles. The quantitative estimate of drug-likeness (QED) is 0.666. The van der Waals surface area contributed by atoms with Crippen LogP contribution in [-0.2, 0) is 0 Å². The molecule has 1 fully saturated rings. The van der Waals surface area contributed by atoms with Crippen molar-refractivity contribution in [3.8, 4) is 0 Å². The predicted molar refractivity (Wildman–Crippen MR) is 64.6 cm³/mol. The summed E-state index contributed by atoms with van der Waals surface area (Å²) in [5, 5.41) is 20.0. The number of rotatable bonds is 2. The summed E-state index contributed by atoms with van der Waals surface area (Å²) in [4.78, 5) is 22.7. The van der Waals surface area contributed by atoms with Gasteiger partial charge >= 0.3 is 6.18 Å². The first-order valence-electron chi connectivity index (χ1n) is 5.97. The first-order valence-corrected chi connectivity index (χ1v) is 5.97. The molecule has 2 rings (SSSR count). The molecule has 6 nitrogen and oxygen atoms in total. The van der Waals surface area contributed by atoms with Crippen molar-refractivity contribution in [1.29, 1.82) is 0 Å². The topological polar surface area (TPSA) is 83.7 Å². The maximum atomic E-state index is 12.7. The van der Waals surface area contributed by atoms with Gasteiger partial charge in [-0.1, -0.05) is 0 Å². The van der Waals surface area contributed by atoms with Gasteiger partial charge in [0.1, 0.15) is 0 Å². The van der Waals surface area contributed by atoms with Crippen molar-refractivity contribution < 1.29 is 28.0 Å². The Labute approximate surface area is 116 Å². The van der Waals surface area contributed by atoms with E-state index >= 15 is 0 Å². The highest BCUT2D eigenvalue weighted by Gasteiger charge is 2.57. The van der Waals surface area contributed by atoms with Gasteiger partial charge in [0, 0.05) is 30.7 Å². The van der Waals surface area contributed by atoms with Crippen molar-refractivity contribution in [3.05, 3.63) is 39.9 Å².